The molecule has 1 saturated heterocycles. The highest BCUT2D eigenvalue weighted by Gasteiger charge is 2.32. The van der Waals surface area contributed by atoms with Crippen LogP contribution in [0.4, 0.5) is 0 Å². The Morgan fingerprint density at radius 2 is 1.85 bits per heavy atom. The molecule has 0 atom stereocenters. The third kappa shape index (κ3) is 3.27. The van der Waals surface area contributed by atoms with E-state index in [1.165, 1.54) is 12.8 Å². The van der Waals surface area contributed by atoms with E-state index in [2.05, 4.69) is 10.2 Å². The van der Waals surface area contributed by atoms with Crippen molar-refractivity contribution in [2.45, 2.75) is 37.8 Å². The maximum absolute atomic E-state index is 12.2. The number of halogens is 2. The maximum Gasteiger partial charge on any atom is 0.253 e. The first kappa shape index (κ1) is 14.2. The van der Waals surface area contributed by atoms with Crippen LogP contribution >= 0.6 is 23.2 Å². The summed E-state index contributed by atoms with van der Waals surface area (Å²) >= 11 is 12.0. The van der Waals surface area contributed by atoms with Crippen LogP contribution in [0.1, 0.15) is 36.0 Å². The van der Waals surface area contributed by atoms with Gasteiger partial charge in [0, 0.05) is 30.2 Å². The first-order chi connectivity index (χ1) is 9.63. The van der Waals surface area contributed by atoms with Gasteiger partial charge in [-0.3, -0.25) is 4.79 Å². The van der Waals surface area contributed by atoms with Gasteiger partial charge in [-0.15, -0.1) is 0 Å². The molecular formula is C15H18Cl2N2O. The standard InChI is InChI=1S/C15H18Cl2N2O/c16-10-1-4-14(17)13(9-10)15(20)18-11-5-7-19(8-6-11)12-2-3-12/h1,4,9,11-12H,2-3,5-8H2,(H,18,20). The number of nitrogens with one attached hydrogen (secondary N) is 1. The summed E-state index contributed by atoms with van der Waals surface area (Å²) in [7, 11) is 0. The van der Waals surface area contributed by atoms with Crippen molar-refractivity contribution < 1.29 is 4.79 Å². The third-order valence-corrected chi connectivity index (χ3v) is 4.67. The lowest BCUT2D eigenvalue weighted by molar-refractivity contribution is 0.0909. The number of rotatable bonds is 3. The van der Waals surface area contributed by atoms with Crippen LogP contribution in [0.3, 0.4) is 0 Å². The maximum atomic E-state index is 12.2. The topological polar surface area (TPSA) is 32.3 Å². The number of piperidine rings is 1. The molecule has 1 aromatic carbocycles. The van der Waals surface area contributed by atoms with Crippen molar-refractivity contribution in [3.8, 4) is 0 Å². The molecule has 1 aliphatic carbocycles. The number of amides is 1. The number of hydrogen-bond acceptors (Lipinski definition) is 2. The van der Waals surface area contributed by atoms with Gasteiger partial charge in [-0.25, -0.2) is 0 Å². The van der Waals surface area contributed by atoms with Gasteiger partial charge in [0.25, 0.3) is 5.91 Å². The van der Waals surface area contributed by atoms with Crippen molar-refractivity contribution in [2.24, 2.45) is 0 Å². The summed E-state index contributed by atoms with van der Waals surface area (Å²) in [6.45, 7) is 2.16. The van der Waals surface area contributed by atoms with Crippen LogP contribution in [0.5, 0.6) is 0 Å². The Hall–Kier alpha value is -0.770. The highest BCUT2D eigenvalue weighted by Crippen LogP contribution is 2.29. The van der Waals surface area contributed by atoms with Crippen LogP contribution in [0, 0.1) is 0 Å². The minimum Gasteiger partial charge on any atom is -0.349 e. The molecule has 0 spiro atoms. The first-order valence-corrected chi connectivity index (χ1v) is 7.89. The molecule has 0 radical (unpaired) electrons. The fourth-order valence-electron chi connectivity index (χ4n) is 2.78. The quantitative estimate of drug-likeness (QED) is 0.928. The Labute approximate surface area is 129 Å². The average Bonchev–Trinajstić information content (AvgIpc) is 3.27. The summed E-state index contributed by atoms with van der Waals surface area (Å²) in [4.78, 5) is 14.8. The van der Waals surface area contributed by atoms with Crippen molar-refractivity contribution in [3.05, 3.63) is 33.8 Å². The Morgan fingerprint density at radius 1 is 1.15 bits per heavy atom. The summed E-state index contributed by atoms with van der Waals surface area (Å²) in [5.74, 6) is -0.123. The van der Waals surface area contributed by atoms with Crippen molar-refractivity contribution >= 4 is 29.1 Å². The number of carbonyl (C=O) groups excluding carboxylic acids is 1. The summed E-state index contributed by atoms with van der Waals surface area (Å²) in [6.07, 6.45) is 4.71. The minimum absolute atomic E-state index is 0.123. The summed E-state index contributed by atoms with van der Waals surface area (Å²) in [5.41, 5.74) is 0.462. The zero-order chi connectivity index (χ0) is 14.1. The number of benzene rings is 1. The summed E-state index contributed by atoms with van der Waals surface area (Å²) in [5, 5.41) is 4.05. The van der Waals surface area contributed by atoms with E-state index in [4.69, 9.17) is 23.2 Å². The molecule has 0 bridgehead atoms. The molecule has 1 heterocycles. The van der Waals surface area contributed by atoms with E-state index < -0.39 is 0 Å². The predicted octanol–water partition coefficient (Wildman–Crippen LogP) is 3.35. The molecule has 20 heavy (non-hydrogen) atoms. The first-order valence-electron chi connectivity index (χ1n) is 7.13. The second-order valence-electron chi connectivity index (χ2n) is 5.64. The van der Waals surface area contributed by atoms with Gasteiger partial charge < -0.3 is 10.2 Å². The van der Waals surface area contributed by atoms with E-state index >= 15 is 0 Å². The van der Waals surface area contributed by atoms with Crippen LogP contribution in [-0.4, -0.2) is 36.0 Å². The van der Waals surface area contributed by atoms with Crippen molar-refractivity contribution in [2.75, 3.05) is 13.1 Å². The Balaban J connectivity index is 1.57. The van der Waals surface area contributed by atoms with Crippen molar-refractivity contribution in [1.29, 1.82) is 0 Å². The van der Waals surface area contributed by atoms with Crippen LogP contribution in [0.15, 0.2) is 18.2 Å². The molecule has 0 aromatic heterocycles. The van der Waals surface area contributed by atoms with Gasteiger partial charge >= 0.3 is 0 Å². The molecular weight excluding hydrogens is 295 g/mol. The number of carbonyl (C=O) groups is 1. The highest BCUT2D eigenvalue weighted by molar-refractivity contribution is 6.35. The molecule has 1 aromatic rings. The van der Waals surface area contributed by atoms with Crippen LogP contribution in [0.25, 0.3) is 0 Å². The van der Waals surface area contributed by atoms with E-state index in [0.29, 0.717) is 15.6 Å². The zero-order valence-corrected chi connectivity index (χ0v) is 12.8. The molecule has 1 N–H and O–H groups in total. The molecule has 108 valence electrons. The summed E-state index contributed by atoms with van der Waals surface area (Å²) in [6, 6.07) is 6.03. The second-order valence-corrected chi connectivity index (χ2v) is 6.48. The Kier molecular flexibility index (Phi) is 4.20. The van der Waals surface area contributed by atoms with Crippen LogP contribution in [0.2, 0.25) is 10.0 Å². The van der Waals surface area contributed by atoms with Gasteiger partial charge in [0.1, 0.15) is 0 Å². The molecule has 0 unspecified atom stereocenters. The molecule has 5 heteroatoms. The van der Waals surface area contributed by atoms with Crippen molar-refractivity contribution in [3.63, 3.8) is 0 Å². The van der Waals surface area contributed by atoms with E-state index in [-0.39, 0.29) is 11.9 Å². The normalized spacial score (nSPS) is 20.9. The van der Waals surface area contributed by atoms with E-state index in [1.807, 2.05) is 0 Å². The fraction of sp³-hybridized carbons (Fsp3) is 0.533. The minimum atomic E-state index is -0.123. The molecule has 3 rings (SSSR count). The Bertz CT molecular complexity index is 509. The van der Waals surface area contributed by atoms with Gasteiger partial charge in [0.15, 0.2) is 0 Å². The van der Waals surface area contributed by atoms with Gasteiger partial charge in [-0.05, 0) is 43.9 Å². The second kappa shape index (κ2) is 5.92. The Morgan fingerprint density at radius 3 is 2.50 bits per heavy atom. The lowest BCUT2D eigenvalue weighted by atomic mass is 10.0. The largest absolute Gasteiger partial charge is 0.349 e. The predicted molar refractivity (Wildman–Crippen MR) is 81.5 cm³/mol. The SMILES string of the molecule is O=C(NC1CCN(C2CC2)CC1)c1cc(Cl)ccc1Cl. The van der Waals surface area contributed by atoms with Gasteiger partial charge in [0.05, 0.1) is 10.6 Å². The molecule has 1 amide bonds. The van der Waals surface area contributed by atoms with Gasteiger partial charge in [-0.2, -0.15) is 0 Å². The smallest absolute Gasteiger partial charge is 0.253 e. The lowest BCUT2D eigenvalue weighted by Gasteiger charge is -2.32. The number of likely N-dealkylation sites (tertiary alicyclic amines) is 1. The fourth-order valence-corrected chi connectivity index (χ4v) is 3.16. The van der Waals surface area contributed by atoms with Gasteiger partial charge in [-0.1, -0.05) is 23.2 Å². The van der Waals surface area contributed by atoms with E-state index in [1.54, 1.807) is 18.2 Å². The van der Waals surface area contributed by atoms with E-state index in [0.717, 1.165) is 32.0 Å². The summed E-state index contributed by atoms with van der Waals surface area (Å²) < 4.78 is 0. The molecule has 1 aliphatic heterocycles. The van der Waals surface area contributed by atoms with Gasteiger partial charge in [0.2, 0.25) is 0 Å². The highest BCUT2D eigenvalue weighted by atomic mass is 35.5. The third-order valence-electron chi connectivity index (χ3n) is 4.10. The molecule has 2 aliphatic rings. The van der Waals surface area contributed by atoms with E-state index in [9.17, 15) is 4.79 Å². The van der Waals surface area contributed by atoms with Crippen LogP contribution in [-0.2, 0) is 0 Å². The molecule has 3 nitrogen and oxygen atoms in total. The lowest BCUT2D eigenvalue weighted by Crippen LogP contribution is -2.45. The zero-order valence-electron chi connectivity index (χ0n) is 11.2. The average molecular weight is 313 g/mol. The molecule has 2 fully saturated rings. The van der Waals surface area contributed by atoms with Crippen molar-refractivity contribution in [1.82, 2.24) is 10.2 Å². The van der Waals surface area contributed by atoms with Crippen LogP contribution < -0.4 is 5.32 Å². The monoisotopic (exact) mass is 312 g/mol. The number of hydrogen-bond donors (Lipinski definition) is 1. The number of nitrogens with zero attached hydrogens (tertiary/aromatic N) is 1. The molecule has 1 saturated carbocycles.